The van der Waals surface area contributed by atoms with Gasteiger partial charge in [-0.05, 0) is 29.7 Å². The van der Waals surface area contributed by atoms with Gasteiger partial charge in [0, 0.05) is 18.0 Å². The Hall–Kier alpha value is -3.35. The van der Waals surface area contributed by atoms with E-state index in [0.717, 1.165) is 17.5 Å². The van der Waals surface area contributed by atoms with Gasteiger partial charge >= 0.3 is 5.97 Å². The Morgan fingerprint density at radius 1 is 1.00 bits per heavy atom. The molecule has 0 saturated heterocycles. The Kier molecular flexibility index (Phi) is 5.40. The number of hydrogen-bond acceptors (Lipinski definition) is 4. The number of carbonyl (C=O) groups is 2. The van der Waals surface area contributed by atoms with Gasteiger partial charge in [-0.2, -0.15) is 0 Å². The number of aromatic amines is 1. The maximum Gasteiger partial charge on any atom is 0.306 e. The van der Waals surface area contributed by atoms with Gasteiger partial charge in [0.2, 0.25) is 0 Å². The minimum Gasteiger partial charge on any atom is -0.461 e. The van der Waals surface area contributed by atoms with Gasteiger partial charge in [0.25, 0.3) is 5.56 Å². The number of ketones is 1. The molecular weight excluding hydrogens is 356 g/mol. The Balaban J connectivity index is 1.58. The molecule has 0 saturated carbocycles. The van der Waals surface area contributed by atoms with Crippen LogP contribution < -0.4 is 5.56 Å². The first-order valence-corrected chi connectivity index (χ1v) is 8.19. The first-order valence-electron chi connectivity index (χ1n) is 8.19. The molecule has 0 bridgehead atoms. The van der Waals surface area contributed by atoms with E-state index < -0.39 is 23.4 Å². The number of carbonyl (C=O) groups excluding carboxylic acids is 2. The molecule has 0 radical (unpaired) electrons. The summed E-state index contributed by atoms with van der Waals surface area (Å²) < 4.78 is 31.4. The van der Waals surface area contributed by atoms with Crippen LogP contribution in [0.15, 0.2) is 53.3 Å². The zero-order valence-electron chi connectivity index (χ0n) is 14.1. The molecule has 0 atom stereocenters. The van der Waals surface area contributed by atoms with Crippen molar-refractivity contribution < 1.29 is 23.1 Å². The fraction of sp³-hybridized carbons (Fsp3) is 0.150. The molecule has 0 aliphatic carbocycles. The lowest BCUT2D eigenvalue weighted by Gasteiger charge is -2.06. The lowest BCUT2D eigenvalue weighted by molar-refractivity contribution is -0.144. The van der Waals surface area contributed by atoms with Crippen molar-refractivity contribution in [2.75, 3.05) is 0 Å². The zero-order chi connectivity index (χ0) is 19.4. The second kappa shape index (κ2) is 7.90. The molecule has 3 rings (SSSR count). The van der Waals surface area contributed by atoms with Gasteiger partial charge < -0.3 is 9.72 Å². The SMILES string of the molecule is O=C(CCC(=O)c1ccc(F)cc1F)OCc1cc2ccccc2[nH]c1=O. The minimum absolute atomic E-state index is 0.238. The number of para-hydroxylation sites is 1. The topological polar surface area (TPSA) is 76.2 Å². The number of benzene rings is 2. The van der Waals surface area contributed by atoms with E-state index in [1.165, 1.54) is 0 Å². The lowest BCUT2D eigenvalue weighted by atomic mass is 10.1. The highest BCUT2D eigenvalue weighted by Gasteiger charge is 2.15. The van der Waals surface area contributed by atoms with Crippen molar-refractivity contribution in [3.05, 3.63) is 81.6 Å². The molecule has 7 heteroatoms. The van der Waals surface area contributed by atoms with Gasteiger partial charge in [0.15, 0.2) is 5.78 Å². The van der Waals surface area contributed by atoms with Crippen LogP contribution in [0.3, 0.4) is 0 Å². The molecular formula is C20H15F2NO4. The second-order valence-corrected chi connectivity index (χ2v) is 5.92. The van der Waals surface area contributed by atoms with E-state index in [1.54, 1.807) is 18.2 Å². The first kappa shape index (κ1) is 18.4. The van der Waals surface area contributed by atoms with Gasteiger partial charge in [-0.15, -0.1) is 0 Å². The third kappa shape index (κ3) is 4.44. The Labute approximate surface area is 152 Å². The molecule has 1 heterocycles. The molecule has 5 nitrogen and oxygen atoms in total. The largest absolute Gasteiger partial charge is 0.461 e. The number of aromatic nitrogens is 1. The van der Waals surface area contributed by atoms with Crippen LogP contribution in [0, 0.1) is 11.6 Å². The summed E-state index contributed by atoms with van der Waals surface area (Å²) in [6, 6.07) is 11.4. The van der Waals surface area contributed by atoms with Crippen LogP contribution in [0.2, 0.25) is 0 Å². The third-order valence-electron chi connectivity index (χ3n) is 4.01. The highest BCUT2D eigenvalue weighted by molar-refractivity contribution is 5.97. The van der Waals surface area contributed by atoms with E-state index in [2.05, 4.69) is 4.98 Å². The molecule has 0 fully saturated rings. The number of rotatable bonds is 6. The highest BCUT2D eigenvalue weighted by Crippen LogP contribution is 2.14. The summed E-state index contributed by atoms with van der Waals surface area (Å²) in [7, 11) is 0. The Morgan fingerprint density at radius 2 is 1.78 bits per heavy atom. The van der Waals surface area contributed by atoms with E-state index >= 15 is 0 Å². The molecule has 1 aromatic heterocycles. The average Bonchev–Trinajstić information content (AvgIpc) is 2.64. The summed E-state index contributed by atoms with van der Waals surface area (Å²) >= 11 is 0. The summed E-state index contributed by atoms with van der Waals surface area (Å²) in [6.07, 6.45) is -0.559. The van der Waals surface area contributed by atoms with Crippen LogP contribution in [-0.4, -0.2) is 16.7 Å². The average molecular weight is 371 g/mol. The second-order valence-electron chi connectivity index (χ2n) is 5.92. The highest BCUT2D eigenvalue weighted by atomic mass is 19.1. The molecule has 0 aliphatic rings. The molecule has 0 spiro atoms. The predicted molar refractivity (Wildman–Crippen MR) is 94.3 cm³/mol. The zero-order valence-corrected chi connectivity index (χ0v) is 14.1. The maximum atomic E-state index is 13.6. The van der Waals surface area contributed by atoms with E-state index in [-0.39, 0.29) is 36.1 Å². The van der Waals surface area contributed by atoms with Gasteiger partial charge in [-0.25, -0.2) is 8.78 Å². The summed E-state index contributed by atoms with van der Waals surface area (Å²) in [5, 5.41) is 0.796. The number of nitrogens with one attached hydrogen (secondary N) is 1. The summed E-state index contributed by atoms with van der Waals surface area (Å²) in [4.78, 5) is 38.4. The van der Waals surface area contributed by atoms with Crippen molar-refractivity contribution in [1.82, 2.24) is 4.98 Å². The molecule has 0 amide bonds. The van der Waals surface area contributed by atoms with Crippen LogP contribution in [0.1, 0.15) is 28.8 Å². The van der Waals surface area contributed by atoms with Crippen LogP contribution in [0.25, 0.3) is 10.9 Å². The smallest absolute Gasteiger partial charge is 0.306 e. The first-order chi connectivity index (χ1) is 12.9. The fourth-order valence-electron chi connectivity index (χ4n) is 2.60. The van der Waals surface area contributed by atoms with Gasteiger partial charge in [0.1, 0.15) is 18.2 Å². The lowest BCUT2D eigenvalue weighted by Crippen LogP contribution is -2.16. The van der Waals surface area contributed by atoms with E-state index in [1.807, 2.05) is 12.1 Å². The number of halogens is 2. The quantitative estimate of drug-likeness (QED) is 0.531. The van der Waals surface area contributed by atoms with E-state index in [9.17, 15) is 23.2 Å². The van der Waals surface area contributed by atoms with Gasteiger partial charge in [-0.3, -0.25) is 14.4 Å². The number of esters is 1. The number of pyridine rings is 1. The minimum atomic E-state index is -0.976. The van der Waals surface area contributed by atoms with Crippen LogP contribution in [-0.2, 0) is 16.1 Å². The Morgan fingerprint density at radius 3 is 2.56 bits per heavy atom. The standard InChI is InChI=1S/C20H15F2NO4/c21-14-5-6-15(16(22)10-14)18(24)7-8-19(25)27-11-13-9-12-3-1-2-4-17(12)23-20(13)26/h1-6,9-10H,7-8,11H2,(H,23,26). The van der Waals surface area contributed by atoms with Crippen molar-refractivity contribution in [3.8, 4) is 0 Å². The number of hydrogen-bond donors (Lipinski definition) is 1. The van der Waals surface area contributed by atoms with Crippen LogP contribution in [0.5, 0.6) is 0 Å². The molecule has 0 unspecified atom stereocenters. The summed E-state index contributed by atoms with van der Waals surface area (Å²) in [5.41, 5.74) is 0.295. The Bertz CT molecular complexity index is 1080. The van der Waals surface area contributed by atoms with Crippen molar-refractivity contribution in [2.45, 2.75) is 19.4 Å². The third-order valence-corrected chi connectivity index (χ3v) is 4.01. The number of fused-ring (bicyclic) bond motifs is 1. The number of ether oxygens (including phenoxy) is 1. The van der Waals surface area contributed by atoms with Crippen molar-refractivity contribution in [3.63, 3.8) is 0 Å². The van der Waals surface area contributed by atoms with Gasteiger partial charge in [-0.1, -0.05) is 18.2 Å². The molecule has 2 aromatic carbocycles. The molecule has 27 heavy (non-hydrogen) atoms. The summed E-state index contributed by atoms with van der Waals surface area (Å²) in [5.74, 6) is -3.09. The van der Waals surface area contributed by atoms with Crippen molar-refractivity contribution >= 4 is 22.7 Å². The van der Waals surface area contributed by atoms with E-state index in [0.29, 0.717) is 11.6 Å². The normalized spacial score (nSPS) is 10.7. The molecule has 1 N–H and O–H groups in total. The van der Waals surface area contributed by atoms with Crippen LogP contribution in [0.4, 0.5) is 8.78 Å². The van der Waals surface area contributed by atoms with Crippen LogP contribution >= 0.6 is 0 Å². The summed E-state index contributed by atoms with van der Waals surface area (Å²) in [6.45, 7) is -0.238. The monoisotopic (exact) mass is 371 g/mol. The molecule has 3 aromatic rings. The number of Topliss-reactive ketones (excluding diaryl/α,β-unsaturated/α-hetero) is 1. The molecule has 0 aliphatic heterocycles. The number of H-pyrrole nitrogens is 1. The van der Waals surface area contributed by atoms with E-state index in [4.69, 9.17) is 4.74 Å². The maximum absolute atomic E-state index is 13.6. The van der Waals surface area contributed by atoms with Crippen molar-refractivity contribution in [1.29, 1.82) is 0 Å². The van der Waals surface area contributed by atoms with Gasteiger partial charge in [0.05, 0.1) is 17.5 Å². The predicted octanol–water partition coefficient (Wildman–Crippen LogP) is 3.51. The fourth-order valence-corrected chi connectivity index (χ4v) is 2.60. The van der Waals surface area contributed by atoms with Crippen molar-refractivity contribution in [2.24, 2.45) is 0 Å². The molecule has 138 valence electrons.